The summed E-state index contributed by atoms with van der Waals surface area (Å²) in [5, 5.41) is 7.91. The third-order valence-corrected chi connectivity index (χ3v) is 5.95. The van der Waals surface area contributed by atoms with Crippen LogP contribution in [0.25, 0.3) is 10.6 Å². The van der Waals surface area contributed by atoms with Crippen molar-refractivity contribution in [1.82, 2.24) is 10.3 Å². The van der Waals surface area contributed by atoms with Gasteiger partial charge in [-0.1, -0.05) is 36.4 Å². The topological polar surface area (TPSA) is 42.0 Å². The van der Waals surface area contributed by atoms with Crippen LogP contribution in [0.2, 0.25) is 0 Å². The molecule has 1 aromatic carbocycles. The van der Waals surface area contributed by atoms with Gasteiger partial charge >= 0.3 is 0 Å². The average molecular weight is 347 g/mol. The molecule has 0 fully saturated rings. The van der Waals surface area contributed by atoms with Crippen molar-refractivity contribution in [1.29, 1.82) is 0 Å². The third-order valence-electron chi connectivity index (χ3n) is 2.88. The van der Waals surface area contributed by atoms with Crippen LogP contribution in [0.4, 0.5) is 0 Å². The van der Waals surface area contributed by atoms with Crippen molar-refractivity contribution >= 4 is 40.3 Å². The molecule has 3 aromatic rings. The van der Waals surface area contributed by atoms with Crippen LogP contribution in [-0.2, 0) is 11.3 Å². The molecule has 6 heteroatoms. The second kappa shape index (κ2) is 7.58. The molecular weight excluding hydrogens is 332 g/mol. The number of rotatable bonds is 6. The number of thiazole rings is 1. The largest absolute Gasteiger partial charge is 0.350 e. The van der Waals surface area contributed by atoms with Crippen LogP contribution in [0.1, 0.15) is 5.69 Å². The van der Waals surface area contributed by atoms with Gasteiger partial charge in [-0.25, -0.2) is 4.98 Å². The normalized spacial score (nSPS) is 10.5. The number of thioether (sulfide) groups is 1. The van der Waals surface area contributed by atoms with E-state index >= 15 is 0 Å². The lowest BCUT2D eigenvalue weighted by molar-refractivity contribution is -0.118. The van der Waals surface area contributed by atoms with Gasteiger partial charge in [-0.15, -0.1) is 34.4 Å². The molecule has 1 amide bonds. The van der Waals surface area contributed by atoms with Gasteiger partial charge in [-0.05, 0) is 11.4 Å². The Labute approximate surface area is 141 Å². The van der Waals surface area contributed by atoms with E-state index in [9.17, 15) is 4.79 Å². The quantitative estimate of drug-likeness (QED) is 0.677. The molecule has 0 atom stereocenters. The number of carbonyl (C=O) groups is 1. The van der Waals surface area contributed by atoms with Gasteiger partial charge in [-0.3, -0.25) is 4.79 Å². The lowest BCUT2D eigenvalue weighted by Crippen LogP contribution is -2.24. The molecular formula is C16H14N2OS3. The maximum Gasteiger partial charge on any atom is 0.230 e. The molecule has 0 aliphatic heterocycles. The van der Waals surface area contributed by atoms with E-state index in [1.807, 2.05) is 53.2 Å². The summed E-state index contributed by atoms with van der Waals surface area (Å²) in [4.78, 5) is 16.4. The number of hydrogen-bond acceptors (Lipinski definition) is 5. The standard InChI is InChI=1S/C16H14N2OS3/c19-14(11-21-15-7-4-8-20-15)17-9-13-10-22-16(18-13)12-5-2-1-3-6-12/h1-8,10H,9,11H2,(H,17,19). The fourth-order valence-electron chi connectivity index (χ4n) is 1.82. The monoisotopic (exact) mass is 346 g/mol. The van der Waals surface area contributed by atoms with Gasteiger partial charge in [-0.2, -0.15) is 0 Å². The highest BCUT2D eigenvalue weighted by atomic mass is 32.2. The maximum atomic E-state index is 11.8. The second-order valence-corrected chi connectivity index (χ2v) is 7.59. The van der Waals surface area contributed by atoms with Gasteiger partial charge in [0, 0.05) is 10.9 Å². The fraction of sp³-hybridized carbons (Fsp3) is 0.125. The number of hydrogen-bond donors (Lipinski definition) is 1. The SMILES string of the molecule is O=C(CSc1cccs1)NCc1csc(-c2ccccc2)n1. The highest BCUT2D eigenvalue weighted by molar-refractivity contribution is 8.01. The first kappa shape index (κ1) is 15.3. The predicted molar refractivity (Wildman–Crippen MR) is 94.4 cm³/mol. The van der Waals surface area contributed by atoms with Crippen LogP contribution in [0.3, 0.4) is 0 Å². The van der Waals surface area contributed by atoms with Crippen molar-refractivity contribution in [2.45, 2.75) is 10.8 Å². The molecule has 0 spiro atoms. The molecule has 0 saturated carbocycles. The minimum absolute atomic E-state index is 0.0349. The predicted octanol–water partition coefficient (Wildman–Crippen LogP) is 4.28. The van der Waals surface area contributed by atoms with Crippen molar-refractivity contribution in [2.24, 2.45) is 0 Å². The van der Waals surface area contributed by atoms with E-state index in [0.29, 0.717) is 12.3 Å². The molecule has 112 valence electrons. The summed E-state index contributed by atoms with van der Waals surface area (Å²) in [6.07, 6.45) is 0. The van der Waals surface area contributed by atoms with Crippen molar-refractivity contribution in [3.8, 4) is 10.6 Å². The Kier molecular flexibility index (Phi) is 5.26. The van der Waals surface area contributed by atoms with Gasteiger partial charge in [0.25, 0.3) is 0 Å². The van der Waals surface area contributed by atoms with Gasteiger partial charge in [0.2, 0.25) is 5.91 Å². The molecule has 1 N–H and O–H groups in total. The van der Waals surface area contributed by atoms with Crippen molar-refractivity contribution in [3.05, 3.63) is 58.9 Å². The van der Waals surface area contributed by atoms with E-state index in [4.69, 9.17) is 0 Å². The molecule has 0 bridgehead atoms. The van der Waals surface area contributed by atoms with E-state index in [1.54, 1.807) is 34.4 Å². The molecule has 2 heterocycles. The Bertz CT molecular complexity index is 723. The van der Waals surface area contributed by atoms with Gasteiger partial charge < -0.3 is 5.32 Å². The van der Waals surface area contributed by atoms with E-state index in [-0.39, 0.29) is 5.91 Å². The number of amides is 1. The smallest absolute Gasteiger partial charge is 0.230 e. The first-order valence-electron chi connectivity index (χ1n) is 6.74. The van der Waals surface area contributed by atoms with E-state index in [0.717, 1.165) is 20.5 Å². The zero-order valence-corrected chi connectivity index (χ0v) is 14.1. The van der Waals surface area contributed by atoms with Crippen LogP contribution in [-0.4, -0.2) is 16.6 Å². The summed E-state index contributed by atoms with van der Waals surface area (Å²) in [5.74, 6) is 0.476. The molecule has 3 rings (SSSR count). The number of nitrogens with one attached hydrogen (secondary N) is 1. The Morgan fingerprint density at radius 1 is 1.14 bits per heavy atom. The molecule has 0 aliphatic rings. The zero-order valence-electron chi connectivity index (χ0n) is 11.7. The summed E-state index contributed by atoms with van der Waals surface area (Å²) in [5.41, 5.74) is 2.01. The third kappa shape index (κ3) is 4.19. The number of aromatic nitrogens is 1. The lowest BCUT2D eigenvalue weighted by Gasteiger charge is -2.02. The molecule has 0 unspecified atom stereocenters. The molecule has 22 heavy (non-hydrogen) atoms. The molecule has 2 aromatic heterocycles. The van der Waals surface area contributed by atoms with Gasteiger partial charge in [0.1, 0.15) is 5.01 Å². The van der Waals surface area contributed by atoms with E-state index in [1.165, 1.54) is 0 Å². The molecule has 0 aliphatic carbocycles. The molecule has 0 saturated heterocycles. The van der Waals surface area contributed by atoms with Crippen LogP contribution < -0.4 is 5.32 Å². The Morgan fingerprint density at radius 3 is 2.77 bits per heavy atom. The van der Waals surface area contributed by atoms with E-state index < -0.39 is 0 Å². The minimum atomic E-state index is 0.0349. The number of thiophene rings is 1. The molecule has 0 radical (unpaired) electrons. The van der Waals surface area contributed by atoms with Crippen LogP contribution in [0, 0.1) is 0 Å². The first-order valence-corrected chi connectivity index (χ1v) is 9.48. The average Bonchev–Trinajstić information content (AvgIpc) is 3.23. The van der Waals surface area contributed by atoms with Crippen LogP contribution in [0.15, 0.2) is 57.4 Å². The lowest BCUT2D eigenvalue weighted by atomic mass is 10.2. The van der Waals surface area contributed by atoms with Gasteiger partial charge in [0.15, 0.2) is 0 Å². The second-order valence-electron chi connectivity index (χ2n) is 4.51. The van der Waals surface area contributed by atoms with Gasteiger partial charge in [0.05, 0.1) is 22.2 Å². The van der Waals surface area contributed by atoms with E-state index in [2.05, 4.69) is 10.3 Å². The highest BCUT2D eigenvalue weighted by Crippen LogP contribution is 2.24. The summed E-state index contributed by atoms with van der Waals surface area (Å²) < 4.78 is 1.16. The summed E-state index contributed by atoms with van der Waals surface area (Å²) in [6.45, 7) is 0.479. The fourth-order valence-corrected chi connectivity index (χ4v) is 4.26. The minimum Gasteiger partial charge on any atom is -0.350 e. The Balaban J connectivity index is 1.49. The van der Waals surface area contributed by atoms with Crippen molar-refractivity contribution in [2.75, 3.05) is 5.75 Å². The summed E-state index contributed by atoms with van der Waals surface area (Å²) >= 11 is 4.81. The zero-order chi connectivity index (χ0) is 15.2. The Morgan fingerprint density at radius 2 is 2.00 bits per heavy atom. The van der Waals surface area contributed by atoms with Crippen molar-refractivity contribution < 1.29 is 4.79 Å². The number of carbonyl (C=O) groups excluding carboxylic acids is 1. The highest BCUT2D eigenvalue weighted by Gasteiger charge is 2.07. The number of benzene rings is 1. The van der Waals surface area contributed by atoms with Crippen molar-refractivity contribution in [3.63, 3.8) is 0 Å². The number of nitrogens with zero attached hydrogens (tertiary/aromatic N) is 1. The maximum absolute atomic E-state index is 11.8. The Hall–Kier alpha value is -1.63. The molecule has 3 nitrogen and oxygen atoms in total. The first-order chi connectivity index (χ1) is 10.8. The summed E-state index contributed by atoms with van der Waals surface area (Å²) in [6, 6.07) is 14.1. The van der Waals surface area contributed by atoms with Crippen LogP contribution in [0.5, 0.6) is 0 Å². The summed E-state index contributed by atoms with van der Waals surface area (Å²) in [7, 11) is 0. The van der Waals surface area contributed by atoms with Crippen LogP contribution >= 0.6 is 34.4 Å².